The first-order chi connectivity index (χ1) is 15.9. The van der Waals surface area contributed by atoms with Crippen LogP contribution in [0, 0.1) is 5.82 Å². The predicted octanol–water partition coefficient (Wildman–Crippen LogP) is 4.76. The first-order valence-corrected chi connectivity index (χ1v) is 10.0. The molecule has 1 amide bonds. The highest BCUT2D eigenvalue weighted by Gasteiger charge is 2.17. The lowest BCUT2D eigenvalue weighted by molar-refractivity contribution is -0.114. The molecule has 0 aliphatic rings. The number of hydrogen-bond donors (Lipinski definition) is 1. The second kappa shape index (κ2) is 9.35. The molecule has 0 fully saturated rings. The molecule has 0 unspecified atom stereocenters. The number of carbonyl (C=O) groups excluding carboxylic acids is 2. The van der Waals surface area contributed by atoms with E-state index in [0.717, 1.165) is 0 Å². The fraction of sp³-hybridized carbons (Fsp3) is 0.0800. The molecule has 7 nitrogen and oxygen atoms in total. The van der Waals surface area contributed by atoms with Crippen LogP contribution in [-0.4, -0.2) is 33.9 Å². The summed E-state index contributed by atoms with van der Waals surface area (Å²) >= 11 is 0. The second-order valence-electron chi connectivity index (χ2n) is 7.14. The van der Waals surface area contributed by atoms with E-state index in [9.17, 15) is 14.0 Å². The van der Waals surface area contributed by atoms with Crippen LogP contribution >= 0.6 is 0 Å². The fourth-order valence-corrected chi connectivity index (χ4v) is 3.27. The summed E-state index contributed by atoms with van der Waals surface area (Å²) < 4.78 is 18.3. The van der Waals surface area contributed by atoms with Crippen molar-refractivity contribution in [2.24, 2.45) is 0 Å². The van der Waals surface area contributed by atoms with Gasteiger partial charge in [-0.2, -0.15) is 0 Å². The maximum absolute atomic E-state index is 13.5. The summed E-state index contributed by atoms with van der Waals surface area (Å²) in [6.07, 6.45) is 3.30. The van der Waals surface area contributed by atoms with Crippen molar-refractivity contribution < 1.29 is 18.7 Å². The number of aromatic nitrogens is 3. The number of pyridine rings is 1. The summed E-state index contributed by atoms with van der Waals surface area (Å²) in [5.41, 5.74) is 3.64. The van der Waals surface area contributed by atoms with Gasteiger partial charge in [-0.05, 0) is 54.6 Å². The van der Waals surface area contributed by atoms with Crippen LogP contribution in [0.3, 0.4) is 0 Å². The molecule has 0 bridgehead atoms. The summed E-state index contributed by atoms with van der Waals surface area (Å²) in [5.74, 6) is -0.837. The predicted molar refractivity (Wildman–Crippen MR) is 122 cm³/mol. The number of esters is 1. The van der Waals surface area contributed by atoms with Crippen molar-refractivity contribution in [1.82, 2.24) is 15.0 Å². The van der Waals surface area contributed by atoms with Crippen molar-refractivity contribution in [3.63, 3.8) is 0 Å². The van der Waals surface area contributed by atoms with E-state index in [2.05, 4.69) is 20.3 Å². The molecule has 0 spiro atoms. The Morgan fingerprint density at radius 3 is 2.24 bits per heavy atom. The van der Waals surface area contributed by atoms with Crippen LogP contribution in [-0.2, 0) is 9.53 Å². The van der Waals surface area contributed by atoms with Crippen LogP contribution in [0.25, 0.3) is 33.9 Å². The number of nitrogens with zero attached hydrogens (tertiary/aromatic N) is 3. The minimum absolute atomic E-state index is 0.190. The van der Waals surface area contributed by atoms with Crippen molar-refractivity contribution >= 4 is 17.6 Å². The Kier molecular flexibility index (Phi) is 6.17. The van der Waals surface area contributed by atoms with E-state index in [4.69, 9.17) is 4.74 Å². The standard InChI is InChI=1S/C25H19FN4O3/c1-15(31)28-21-10-7-17(12-20(21)25(32)33-2)23-13-22(16-5-8-19(26)9-6-16)29-24(30-23)18-4-3-11-27-14-18/h3-14H,1-2H3,(H,28,31). The highest BCUT2D eigenvalue weighted by molar-refractivity contribution is 6.01. The molecule has 8 heteroatoms. The van der Waals surface area contributed by atoms with Crippen molar-refractivity contribution in [1.29, 1.82) is 0 Å². The van der Waals surface area contributed by atoms with Gasteiger partial charge in [0.2, 0.25) is 5.91 Å². The molecule has 0 atom stereocenters. The average Bonchev–Trinajstić information content (AvgIpc) is 2.84. The van der Waals surface area contributed by atoms with Gasteiger partial charge < -0.3 is 10.1 Å². The largest absolute Gasteiger partial charge is 0.465 e. The smallest absolute Gasteiger partial charge is 0.339 e. The fourth-order valence-electron chi connectivity index (χ4n) is 3.27. The SMILES string of the molecule is COC(=O)c1cc(-c2cc(-c3ccc(F)cc3)nc(-c3cccnc3)n2)ccc1NC(C)=O. The highest BCUT2D eigenvalue weighted by Crippen LogP contribution is 2.30. The number of benzene rings is 2. The van der Waals surface area contributed by atoms with Gasteiger partial charge in [-0.1, -0.05) is 6.07 Å². The van der Waals surface area contributed by atoms with Gasteiger partial charge in [-0.15, -0.1) is 0 Å². The number of ether oxygens (including phenoxy) is 1. The number of nitrogens with one attached hydrogen (secondary N) is 1. The zero-order chi connectivity index (χ0) is 23.4. The van der Waals surface area contributed by atoms with E-state index < -0.39 is 5.97 Å². The summed E-state index contributed by atoms with van der Waals surface area (Å²) in [6.45, 7) is 1.36. The molecule has 2 aromatic carbocycles. The summed E-state index contributed by atoms with van der Waals surface area (Å²) in [5, 5.41) is 2.63. The third kappa shape index (κ3) is 4.90. The van der Waals surface area contributed by atoms with E-state index in [1.807, 2.05) is 6.07 Å². The van der Waals surface area contributed by atoms with Gasteiger partial charge >= 0.3 is 5.97 Å². The lowest BCUT2D eigenvalue weighted by Crippen LogP contribution is -2.12. The molecule has 2 heterocycles. The third-order valence-corrected chi connectivity index (χ3v) is 4.82. The van der Waals surface area contributed by atoms with Crippen LogP contribution in [0.4, 0.5) is 10.1 Å². The molecule has 33 heavy (non-hydrogen) atoms. The Balaban J connectivity index is 1.89. The lowest BCUT2D eigenvalue weighted by Gasteiger charge is -2.12. The number of rotatable bonds is 5. The number of halogens is 1. The van der Waals surface area contributed by atoms with Gasteiger partial charge in [-0.3, -0.25) is 9.78 Å². The Morgan fingerprint density at radius 2 is 1.61 bits per heavy atom. The average molecular weight is 442 g/mol. The monoisotopic (exact) mass is 442 g/mol. The van der Waals surface area contributed by atoms with Crippen LogP contribution < -0.4 is 5.32 Å². The normalized spacial score (nSPS) is 10.5. The molecule has 0 saturated carbocycles. The maximum atomic E-state index is 13.5. The third-order valence-electron chi connectivity index (χ3n) is 4.82. The van der Waals surface area contributed by atoms with E-state index in [0.29, 0.717) is 39.6 Å². The van der Waals surface area contributed by atoms with Crippen LogP contribution in [0.2, 0.25) is 0 Å². The Bertz CT molecular complexity index is 1330. The van der Waals surface area contributed by atoms with Gasteiger partial charge in [-0.25, -0.2) is 19.2 Å². The molecular formula is C25H19FN4O3. The van der Waals surface area contributed by atoms with E-state index in [-0.39, 0.29) is 17.3 Å². The lowest BCUT2D eigenvalue weighted by atomic mass is 10.0. The Hall–Kier alpha value is -4.46. The van der Waals surface area contributed by atoms with Gasteiger partial charge in [0.15, 0.2) is 5.82 Å². The van der Waals surface area contributed by atoms with Crippen LogP contribution in [0.15, 0.2) is 73.1 Å². The number of anilines is 1. The molecule has 0 radical (unpaired) electrons. The number of carbonyl (C=O) groups is 2. The minimum Gasteiger partial charge on any atom is -0.465 e. The number of methoxy groups -OCH3 is 1. The summed E-state index contributed by atoms with van der Waals surface area (Å²) in [7, 11) is 1.27. The first kappa shape index (κ1) is 21.8. The number of amides is 1. The van der Waals surface area contributed by atoms with E-state index in [1.54, 1.807) is 54.9 Å². The van der Waals surface area contributed by atoms with E-state index >= 15 is 0 Å². The Morgan fingerprint density at radius 1 is 0.909 bits per heavy atom. The molecular weight excluding hydrogens is 423 g/mol. The topological polar surface area (TPSA) is 94.1 Å². The molecule has 4 rings (SSSR count). The first-order valence-electron chi connectivity index (χ1n) is 10.0. The zero-order valence-electron chi connectivity index (χ0n) is 17.9. The van der Waals surface area contributed by atoms with Crippen molar-refractivity contribution in [2.45, 2.75) is 6.92 Å². The van der Waals surface area contributed by atoms with Gasteiger partial charge in [0, 0.05) is 36.0 Å². The zero-order valence-corrected chi connectivity index (χ0v) is 17.9. The highest BCUT2D eigenvalue weighted by atomic mass is 19.1. The number of hydrogen-bond acceptors (Lipinski definition) is 6. The van der Waals surface area contributed by atoms with E-state index in [1.165, 1.54) is 26.2 Å². The maximum Gasteiger partial charge on any atom is 0.339 e. The molecule has 4 aromatic rings. The Labute approximate surface area is 189 Å². The van der Waals surface area contributed by atoms with Crippen LogP contribution in [0.5, 0.6) is 0 Å². The molecule has 2 aromatic heterocycles. The molecule has 0 aliphatic carbocycles. The molecule has 164 valence electrons. The van der Waals surface area contributed by atoms with Crippen molar-refractivity contribution in [3.8, 4) is 33.9 Å². The second-order valence-corrected chi connectivity index (χ2v) is 7.14. The summed E-state index contributed by atoms with van der Waals surface area (Å²) in [4.78, 5) is 37.3. The van der Waals surface area contributed by atoms with Gasteiger partial charge in [0.25, 0.3) is 0 Å². The molecule has 0 aliphatic heterocycles. The van der Waals surface area contributed by atoms with Crippen molar-refractivity contribution in [2.75, 3.05) is 12.4 Å². The minimum atomic E-state index is -0.596. The quantitative estimate of drug-likeness (QED) is 0.448. The summed E-state index contributed by atoms with van der Waals surface area (Å²) in [6, 6.07) is 16.3. The van der Waals surface area contributed by atoms with Gasteiger partial charge in [0.05, 0.1) is 29.7 Å². The molecule has 1 N–H and O–H groups in total. The molecule has 0 saturated heterocycles. The van der Waals surface area contributed by atoms with Crippen LogP contribution in [0.1, 0.15) is 17.3 Å². The van der Waals surface area contributed by atoms with Gasteiger partial charge in [0.1, 0.15) is 5.82 Å². The van der Waals surface area contributed by atoms with Crippen molar-refractivity contribution in [3.05, 3.63) is 84.4 Å².